The summed E-state index contributed by atoms with van der Waals surface area (Å²) in [7, 11) is 0. The van der Waals surface area contributed by atoms with Crippen LogP contribution >= 0.6 is 0 Å². The van der Waals surface area contributed by atoms with Crippen molar-refractivity contribution < 1.29 is 34.8 Å². The van der Waals surface area contributed by atoms with Crippen LogP contribution in [-0.2, 0) is 4.74 Å². The lowest BCUT2D eigenvalue weighted by Gasteiger charge is -2.17. The van der Waals surface area contributed by atoms with Gasteiger partial charge in [0.1, 0.15) is 18.3 Å². The first kappa shape index (κ1) is 14.5. The van der Waals surface area contributed by atoms with Gasteiger partial charge >= 0.3 is 0 Å². The maximum Gasteiger partial charge on any atom is 0.273 e. The van der Waals surface area contributed by atoms with Crippen LogP contribution in [0.2, 0.25) is 0 Å². The third-order valence-corrected chi connectivity index (χ3v) is 2.90. The minimum absolute atomic E-state index is 0.148. The van der Waals surface area contributed by atoms with Crippen molar-refractivity contribution in [3.05, 3.63) is 28.3 Å². The molecule has 1 aliphatic heterocycles. The van der Waals surface area contributed by atoms with Crippen LogP contribution in [0.4, 0.5) is 5.69 Å². The summed E-state index contributed by atoms with van der Waals surface area (Å²) in [6, 6.07) is 3.13. The Hall–Kier alpha value is -1.94. The number of hydrogen-bond acceptors (Lipinski definition) is 8. The molecule has 4 unspecified atom stereocenters. The van der Waals surface area contributed by atoms with Crippen molar-refractivity contribution in [1.29, 1.82) is 0 Å². The van der Waals surface area contributed by atoms with Crippen molar-refractivity contribution in [3.63, 3.8) is 0 Å². The van der Waals surface area contributed by atoms with Gasteiger partial charge in [0.25, 0.3) is 5.69 Å². The first-order chi connectivity index (χ1) is 9.43. The Morgan fingerprint density at radius 3 is 2.55 bits per heavy atom. The van der Waals surface area contributed by atoms with Gasteiger partial charge in [-0.3, -0.25) is 10.1 Å². The van der Waals surface area contributed by atoms with E-state index in [4.69, 9.17) is 14.6 Å². The monoisotopic (exact) mass is 287 g/mol. The number of benzene rings is 1. The lowest BCUT2D eigenvalue weighted by Crippen LogP contribution is -2.35. The van der Waals surface area contributed by atoms with Crippen LogP contribution in [0.1, 0.15) is 0 Å². The van der Waals surface area contributed by atoms with Crippen molar-refractivity contribution in [2.24, 2.45) is 0 Å². The minimum atomic E-state index is -1.42. The number of non-ortho nitro benzene ring substituents is 1. The van der Waals surface area contributed by atoms with Crippen molar-refractivity contribution in [2.45, 2.75) is 24.6 Å². The first-order valence-electron chi connectivity index (χ1n) is 5.70. The van der Waals surface area contributed by atoms with Crippen LogP contribution in [0.25, 0.3) is 0 Å². The summed E-state index contributed by atoms with van der Waals surface area (Å²) in [6.07, 6.45) is -5.04. The van der Waals surface area contributed by atoms with Gasteiger partial charge in [-0.15, -0.1) is 0 Å². The molecule has 1 aliphatic rings. The van der Waals surface area contributed by atoms with Gasteiger partial charge in [0, 0.05) is 6.07 Å². The molecule has 4 atom stereocenters. The third-order valence-electron chi connectivity index (χ3n) is 2.90. The molecule has 110 valence electrons. The summed E-state index contributed by atoms with van der Waals surface area (Å²) in [6.45, 7) is -0.510. The third kappa shape index (κ3) is 2.65. The van der Waals surface area contributed by atoms with Gasteiger partial charge < -0.3 is 29.9 Å². The number of nitrogens with zero attached hydrogens (tertiary/aromatic N) is 1. The van der Waals surface area contributed by atoms with Crippen LogP contribution in [0.5, 0.6) is 11.5 Å². The molecular formula is C11H13NO8. The van der Waals surface area contributed by atoms with Crippen LogP contribution in [0.15, 0.2) is 18.2 Å². The second-order valence-corrected chi connectivity index (χ2v) is 4.23. The second-order valence-electron chi connectivity index (χ2n) is 4.23. The number of nitro groups is 1. The van der Waals surface area contributed by atoms with Gasteiger partial charge in [-0.05, 0) is 6.07 Å². The molecule has 4 N–H and O–H groups in total. The molecule has 1 aromatic carbocycles. The van der Waals surface area contributed by atoms with Gasteiger partial charge in [-0.25, -0.2) is 0 Å². The molecule has 0 saturated carbocycles. The van der Waals surface area contributed by atoms with Gasteiger partial charge in [0.05, 0.1) is 17.6 Å². The molecule has 1 saturated heterocycles. The van der Waals surface area contributed by atoms with Crippen LogP contribution in [-0.4, -0.2) is 56.6 Å². The van der Waals surface area contributed by atoms with E-state index >= 15 is 0 Å². The molecule has 9 nitrogen and oxygen atoms in total. The maximum absolute atomic E-state index is 10.5. The van der Waals surface area contributed by atoms with Crippen molar-refractivity contribution in [2.75, 3.05) is 6.61 Å². The zero-order valence-electron chi connectivity index (χ0n) is 10.1. The molecule has 0 aliphatic carbocycles. The number of rotatable bonds is 4. The van der Waals surface area contributed by atoms with Crippen LogP contribution in [0.3, 0.4) is 0 Å². The number of phenolic OH excluding ortho intramolecular Hbond substituents is 1. The Morgan fingerprint density at radius 2 is 2.05 bits per heavy atom. The predicted octanol–water partition coefficient (Wildman–Crippen LogP) is -0.882. The summed E-state index contributed by atoms with van der Waals surface area (Å²) in [5, 5.41) is 48.2. The molecule has 1 aromatic rings. The number of aliphatic hydroxyl groups is 3. The van der Waals surface area contributed by atoms with Gasteiger partial charge in [0.15, 0.2) is 11.5 Å². The zero-order chi connectivity index (χ0) is 14.9. The number of aromatic hydroxyl groups is 1. The largest absolute Gasteiger partial charge is 0.504 e. The molecule has 0 aromatic heterocycles. The molecule has 0 amide bonds. The summed E-state index contributed by atoms with van der Waals surface area (Å²) < 4.78 is 10.2. The number of phenols is 1. The average molecular weight is 287 g/mol. The van der Waals surface area contributed by atoms with E-state index < -0.39 is 41.9 Å². The van der Waals surface area contributed by atoms with E-state index in [0.717, 1.165) is 18.2 Å². The minimum Gasteiger partial charge on any atom is -0.504 e. The highest BCUT2D eigenvalue weighted by Gasteiger charge is 2.44. The molecule has 9 heteroatoms. The summed E-state index contributed by atoms with van der Waals surface area (Å²) in [5.74, 6) is -0.651. The molecular weight excluding hydrogens is 274 g/mol. The Labute approximate surface area is 112 Å². The Balaban J connectivity index is 2.13. The molecule has 2 rings (SSSR count). The van der Waals surface area contributed by atoms with E-state index in [-0.39, 0.29) is 11.4 Å². The fourth-order valence-corrected chi connectivity index (χ4v) is 1.81. The smallest absolute Gasteiger partial charge is 0.273 e. The SMILES string of the molecule is O=[N+]([O-])c1ccc(OC2OC(CO)C(O)C2O)c(O)c1. The first-order valence-corrected chi connectivity index (χ1v) is 5.70. The second kappa shape index (κ2) is 5.59. The number of nitro benzene ring substituents is 1. The molecule has 0 radical (unpaired) electrons. The quantitative estimate of drug-likeness (QED) is 0.413. The molecule has 0 spiro atoms. The number of aliphatic hydroxyl groups excluding tert-OH is 3. The molecule has 0 bridgehead atoms. The highest BCUT2D eigenvalue weighted by molar-refractivity contribution is 5.47. The van der Waals surface area contributed by atoms with Crippen LogP contribution < -0.4 is 4.74 Å². The predicted molar refractivity (Wildman–Crippen MR) is 63.1 cm³/mol. The fourth-order valence-electron chi connectivity index (χ4n) is 1.81. The van der Waals surface area contributed by atoms with E-state index in [1.165, 1.54) is 0 Å². The van der Waals surface area contributed by atoms with E-state index in [2.05, 4.69) is 0 Å². The van der Waals surface area contributed by atoms with Crippen molar-refractivity contribution in [3.8, 4) is 11.5 Å². The van der Waals surface area contributed by atoms with E-state index in [1.807, 2.05) is 0 Å². The summed E-state index contributed by atoms with van der Waals surface area (Å²) >= 11 is 0. The Kier molecular flexibility index (Phi) is 4.04. The van der Waals surface area contributed by atoms with Gasteiger partial charge in [0.2, 0.25) is 6.29 Å². The highest BCUT2D eigenvalue weighted by Crippen LogP contribution is 2.33. The molecule has 20 heavy (non-hydrogen) atoms. The molecule has 1 heterocycles. The Bertz CT molecular complexity index is 507. The van der Waals surface area contributed by atoms with E-state index in [1.54, 1.807) is 0 Å². The molecule has 1 fully saturated rings. The van der Waals surface area contributed by atoms with Gasteiger partial charge in [-0.1, -0.05) is 0 Å². The topological polar surface area (TPSA) is 143 Å². The zero-order valence-corrected chi connectivity index (χ0v) is 10.1. The summed E-state index contributed by atoms with van der Waals surface area (Å²) in [5.41, 5.74) is -0.323. The lowest BCUT2D eigenvalue weighted by molar-refractivity contribution is -0.385. The Morgan fingerprint density at radius 1 is 1.35 bits per heavy atom. The van der Waals surface area contributed by atoms with Gasteiger partial charge in [-0.2, -0.15) is 0 Å². The number of ether oxygens (including phenoxy) is 2. The van der Waals surface area contributed by atoms with Crippen molar-refractivity contribution in [1.82, 2.24) is 0 Å². The standard InChI is InChI=1S/C11H13NO8/c13-4-8-9(15)10(16)11(20-8)19-7-2-1-5(12(17)18)3-6(7)14/h1-3,8-11,13-16H,4H2. The lowest BCUT2D eigenvalue weighted by atomic mass is 10.1. The van der Waals surface area contributed by atoms with E-state index in [9.17, 15) is 25.4 Å². The fraction of sp³-hybridized carbons (Fsp3) is 0.455. The van der Waals surface area contributed by atoms with Crippen LogP contribution in [0, 0.1) is 10.1 Å². The summed E-state index contributed by atoms with van der Waals surface area (Å²) in [4.78, 5) is 9.83. The van der Waals surface area contributed by atoms with Crippen molar-refractivity contribution >= 4 is 5.69 Å². The average Bonchev–Trinajstić information content (AvgIpc) is 2.68. The normalized spacial score (nSPS) is 29.4. The van der Waals surface area contributed by atoms with E-state index in [0.29, 0.717) is 0 Å². The maximum atomic E-state index is 10.5. The number of hydrogen-bond donors (Lipinski definition) is 4. The highest BCUT2D eigenvalue weighted by atomic mass is 16.7.